The molecule has 2 heteroatoms. The summed E-state index contributed by atoms with van der Waals surface area (Å²) in [6.45, 7) is 2.29. The van der Waals surface area contributed by atoms with Crippen molar-refractivity contribution in [1.29, 1.82) is 5.26 Å². The quantitative estimate of drug-likeness (QED) is 0.598. The van der Waals surface area contributed by atoms with Crippen LogP contribution in [0.5, 0.6) is 0 Å². The van der Waals surface area contributed by atoms with Gasteiger partial charge in [0.2, 0.25) is 0 Å². The van der Waals surface area contributed by atoms with Gasteiger partial charge in [-0.25, -0.2) is 0 Å². The standard InChI is InChI=1S/C18H28FN/c1-2-3-14-4-8-16(9-5-14)17-10-6-15(7-11-17)12-18(19)13-20/h12,14-17H,2-11H2,1H3/b18-12-. The zero-order valence-corrected chi connectivity index (χ0v) is 12.8. The van der Waals surface area contributed by atoms with Crippen molar-refractivity contribution in [3.63, 3.8) is 0 Å². The normalized spacial score (nSPS) is 35.5. The van der Waals surface area contributed by atoms with E-state index in [2.05, 4.69) is 6.92 Å². The molecular formula is C18H28FN. The lowest BCUT2D eigenvalue weighted by molar-refractivity contribution is 0.152. The highest BCUT2D eigenvalue weighted by molar-refractivity contribution is 5.13. The fourth-order valence-corrected chi connectivity index (χ4v) is 4.38. The van der Waals surface area contributed by atoms with Crippen LogP contribution < -0.4 is 0 Å². The number of nitrogens with zero attached hydrogens (tertiary/aromatic N) is 1. The zero-order valence-electron chi connectivity index (χ0n) is 12.8. The average Bonchev–Trinajstić information content (AvgIpc) is 2.49. The van der Waals surface area contributed by atoms with Crippen LogP contribution in [0, 0.1) is 35.0 Å². The summed E-state index contributed by atoms with van der Waals surface area (Å²) in [7, 11) is 0. The number of hydrogen-bond acceptors (Lipinski definition) is 1. The Kier molecular flexibility index (Phi) is 6.07. The van der Waals surface area contributed by atoms with Gasteiger partial charge in [0, 0.05) is 0 Å². The highest BCUT2D eigenvalue weighted by atomic mass is 19.1. The fourth-order valence-electron chi connectivity index (χ4n) is 4.38. The van der Waals surface area contributed by atoms with Gasteiger partial charge in [-0.1, -0.05) is 32.6 Å². The molecule has 0 amide bonds. The summed E-state index contributed by atoms with van der Waals surface area (Å²) in [5, 5.41) is 8.50. The van der Waals surface area contributed by atoms with Gasteiger partial charge in [-0.3, -0.25) is 0 Å². The Morgan fingerprint density at radius 1 is 1.05 bits per heavy atom. The zero-order chi connectivity index (χ0) is 14.4. The van der Waals surface area contributed by atoms with Crippen LogP contribution in [-0.4, -0.2) is 0 Å². The Morgan fingerprint density at radius 3 is 2.10 bits per heavy atom. The summed E-state index contributed by atoms with van der Waals surface area (Å²) in [6, 6.07) is 1.60. The van der Waals surface area contributed by atoms with Crippen molar-refractivity contribution >= 4 is 0 Å². The van der Waals surface area contributed by atoms with E-state index in [-0.39, 0.29) is 0 Å². The second-order valence-electron chi connectivity index (χ2n) is 6.87. The summed E-state index contributed by atoms with van der Waals surface area (Å²) in [5.74, 6) is 2.50. The van der Waals surface area contributed by atoms with E-state index >= 15 is 0 Å². The lowest BCUT2D eigenvalue weighted by Crippen LogP contribution is -2.25. The van der Waals surface area contributed by atoms with Crippen molar-refractivity contribution in [3.05, 3.63) is 11.9 Å². The molecule has 0 radical (unpaired) electrons. The first-order valence-electron chi connectivity index (χ1n) is 8.50. The topological polar surface area (TPSA) is 23.8 Å². The predicted molar refractivity (Wildman–Crippen MR) is 80.6 cm³/mol. The second kappa shape index (κ2) is 7.81. The van der Waals surface area contributed by atoms with E-state index in [0.29, 0.717) is 5.92 Å². The van der Waals surface area contributed by atoms with E-state index in [0.717, 1.165) is 30.6 Å². The van der Waals surface area contributed by atoms with Crippen molar-refractivity contribution in [2.24, 2.45) is 23.7 Å². The van der Waals surface area contributed by atoms with Gasteiger partial charge in [-0.2, -0.15) is 9.65 Å². The summed E-state index contributed by atoms with van der Waals surface area (Å²) in [5.41, 5.74) is 0. The third-order valence-corrected chi connectivity index (χ3v) is 5.56. The molecule has 0 aromatic rings. The van der Waals surface area contributed by atoms with Gasteiger partial charge < -0.3 is 0 Å². The Hall–Kier alpha value is -0.840. The van der Waals surface area contributed by atoms with Gasteiger partial charge >= 0.3 is 0 Å². The van der Waals surface area contributed by atoms with Gasteiger partial charge in [0.25, 0.3) is 0 Å². The van der Waals surface area contributed by atoms with E-state index in [1.165, 1.54) is 51.4 Å². The molecule has 0 heterocycles. The molecule has 0 aromatic heterocycles. The minimum Gasteiger partial charge on any atom is -0.195 e. The van der Waals surface area contributed by atoms with Crippen molar-refractivity contribution < 1.29 is 4.39 Å². The number of rotatable bonds is 4. The van der Waals surface area contributed by atoms with Gasteiger partial charge in [0.15, 0.2) is 5.83 Å². The van der Waals surface area contributed by atoms with E-state index < -0.39 is 5.83 Å². The van der Waals surface area contributed by atoms with Crippen molar-refractivity contribution in [2.45, 2.75) is 71.1 Å². The molecule has 0 aromatic carbocycles. The maximum absolute atomic E-state index is 13.0. The number of hydrogen-bond donors (Lipinski definition) is 0. The Morgan fingerprint density at radius 2 is 1.60 bits per heavy atom. The highest BCUT2D eigenvalue weighted by Crippen LogP contribution is 2.42. The molecule has 2 aliphatic carbocycles. The number of halogens is 1. The molecule has 2 aliphatic rings. The molecule has 2 saturated carbocycles. The van der Waals surface area contributed by atoms with Crippen molar-refractivity contribution in [2.75, 3.05) is 0 Å². The fraction of sp³-hybridized carbons (Fsp3) is 0.833. The van der Waals surface area contributed by atoms with Crippen molar-refractivity contribution in [1.82, 2.24) is 0 Å². The first-order chi connectivity index (χ1) is 9.72. The molecule has 0 saturated heterocycles. The average molecular weight is 277 g/mol. The monoisotopic (exact) mass is 277 g/mol. The third kappa shape index (κ3) is 4.33. The lowest BCUT2D eigenvalue weighted by Gasteiger charge is -2.37. The van der Waals surface area contributed by atoms with Gasteiger partial charge in [0.05, 0.1) is 0 Å². The maximum Gasteiger partial charge on any atom is 0.196 e. The van der Waals surface area contributed by atoms with Gasteiger partial charge in [-0.05, 0) is 68.3 Å². The molecule has 0 spiro atoms. The van der Waals surface area contributed by atoms with E-state index in [9.17, 15) is 4.39 Å². The molecule has 0 N–H and O–H groups in total. The first-order valence-corrected chi connectivity index (χ1v) is 8.50. The summed E-state index contributed by atoms with van der Waals surface area (Å²) in [4.78, 5) is 0. The number of nitriles is 1. The van der Waals surface area contributed by atoms with Crippen LogP contribution in [0.4, 0.5) is 4.39 Å². The van der Waals surface area contributed by atoms with E-state index in [1.54, 1.807) is 12.1 Å². The van der Waals surface area contributed by atoms with Crippen LogP contribution in [0.2, 0.25) is 0 Å². The van der Waals surface area contributed by atoms with Crippen LogP contribution in [0.3, 0.4) is 0 Å². The van der Waals surface area contributed by atoms with Crippen LogP contribution >= 0.6 is 0 Å². The molecule has 0 bridgehead atoms. The molecule has 20 heavy (non-hydrogen) atoms. The van der Waals surface area contributed by atoms with Gasteiger partial charge in [-0.15, -0.1) is 0 Å². The van der Waals surface area contributed by atoms with Crippen LogP contribution in [-0.2, 0) is 0 Å². The summed E-state index contributed by atoms with van der Waals surface area (Å²) in [6.07, 6.45) is 14.6. The molecular weight excluding hydrogens is 249 g/mol. The summed E-state index contributed by atoms with van der Waals surface area (Å²) < 4.78 is 13.0. The van der Waals surface area contributed by atoms with Crippen molar-refractivity contribution in [3.8, 4) is 6.07 Å². The van der Waals surface area contributed by atoms with Crippen LogP contribution in [0.1, 0.15) is 71.1 Å². The number of allylic oxidation sites excluding steroid dienone is 2. The largest absolute Gasteiger partial charge is 0.196 e. The third-order valence-electron chi connectivity index (χ3n) is 5.56. The SMILES string of the molecule is CCCC1CCC(C2CCC(/C=C(\F)C#N)CC2)CC1. The molecule has 0 aliphatic heterocycles. The molecule has 1 nitrogen and oxygen atoms in total. The van der Waals surface area contributed by atoms with E-state index in [1.807, 2.05) is 0 Å². The Labute approximate surface area is 123 Å². The smallest absolute Gasteiger partial charge is 0.195 e. The lowest BCUT2D eigenvalue weighted by atomic mass is 9.68. The molecule has 0 unspecified atom stereocenters. The van der Waals surface area contributed by atoms with Crippen LogP contribution in [0.25, 0.3) is 0 Å². The molecule has 0 atom stereocenters. The molecule has 2 rings (SSSR count). The second-order valence-corrected chi connectivity index (χ2v) is 6.87. The van der Waals surface area contributed by atoms with Crippen LogP contribution in [0.15, 0.2) is 11.9 Å². The maximum atomic E-state index is 13.0. The summed E-state index contributed by atoms with van der Waals surface area (Å²) >= 11 is 0. The minimum atomic E-state index is -0.589. The Bertz CT molecular complexity index is 352. The first kappa shape index (κ1) is 15.5. The molecule has 112 valence electrons. The van der Waals surface area contributed by atoms with E-state index in [4.69, 9.17) is 5.26 Å². The predicted octanol–water partition coefficient (Wildman–Crippen LogP) is 5.78. The highest BCUT2D eigenvalue weighted by Gasteiger charge is 2.30. The molecule has 2 fully saturated rings. The Balaban J connectivity index is 1.74. The minimum absolute atomic E-state index is 0.308. The van der Waals surface area contributed by atoms with Gasteiger partial charge in [0.1, 0.15) is 6.07 Å².